The number of aldehydes is 1. The maximum absolute atomic E-state index is 10.9. The lowest BCUT2D eigenvalue weighted by Crippen LogP contribution is -2.41. The number of carbonyl (C=O) groups is 2. The second kappa shape index (κ2) is 10.0. The fraction of sp³-hybridized carbons (Fsp3) is 0.889. The second-order valence-corrected chi connectivity index (χ2v) is 8.14. The van der Waals surface area contributed by atoms with Crippen LogP contribution in [0.4, 0.5) is 0 Å². The first kappa shape index (κ1) is 24.3. The summed E-state index contributed by atoms with van der Waals surface area (Å²) in [6.45, 7) is 15.9. The molecular weight excluding hydrogens is 294 g/mol. The van der Waals surface area contributed by atoms with Crippen molar-refractivity contribution in [1.29, 1.82) is 0 Å². The van der Waals surface area contributed by atoms with E-state index in [0.29, 0.717) is 12.5 Å². The molecule has 0 radical (unpaired) electrons. The minimum absolute atomic E-state index is 0.117. The van der Waals surface area contributed by atoms with Gasteiger partial charge < -0.3 is 20.0 Å². The maximum atomic E-state index is 10.9. The average Bonchev–Trinajstić information content (AvgIpc) is 2.37. The fourth-order valence-corrected chi connectivity index (χ4v) is 1.83. The number of methoxy groups -OCH3 is 1. The summed E-state index contributed by atoms with van der Waals surface area (Å²) in [5, 5.41) is 0. The summed E-state index contributed by atoms with van der Waals surface area (Å²) in [6.07, 6.45) is 2.74. The highest BCUT2D eigenvalue weighted by Gasteiger charge is 2.26. The van der Waals surface area contributed by atoms with Gasteiger partial charge in [-0.25, -0.2) is 0 Å². The van der Waals surface area contributed by atoms with Crippen molar-refractivity contribution in [3.63, 3.8) is 0 Å². The van der Waals surface area contributed by atoms with Gasteiger partial charge >= 0.3 is 0 Å². The molecule has 0 saturated heterocycles. The van der Waals surface area contributed by atoms with Gasteiger partial charge in [-0.05, 0) is 46.5 Å². The summed E-state index contributed by atoms with van der Waals surface area (Å²) < 4.78 is 10.6. The normalized spacial score (nSPS) is 12.6. The molecule has 0 fully saturated rings. The number of nitrogens with two attached hydrogens (primary N) is 1. The Morgan fingerprint density at radius 3 is 1.87 bits per heavy atom. The Hall–Kier alpha value is -0.940. The molecule has 2 N–H and O–H groups in total. The number of amides is 1. The van der Waals surface area contributed by atoms with Crippen LogP contribution >= 0.6 is 0 Å². The van der Waals surface area contributed by atoms with Crippen molar-refractivity contribution in [2.45, 2.75) is 79.4 Å². The van der Waals surface area contributed by atoms with E-state index in [1.165, 1.54) is 0 Å². The minimum atomic E-state index is -0.899. The summed E-state index contributed by atoms with van der Waals surface area (Å²) in [5.74, 6) is 0.165. The Morgan fingerprint density at radius 2 is 1.61 bits per heavy atom. The molecule has 0 spiro atoms. The van der Waals surface area contributed by atoms with Crippen LogP contribution in [0.5, 0.6) is 0 Å². The van der Waals surface area contributed by atoms with Gasteiger partial charge in [0.05, 0.1) is 12.2 Å². The topological polar surface area (TPSA) is 78.6 Å². The van der Waals surface area contributed by atoms with Gasteiger partial charge in [-0.1, -0.05) is 27.7 Å². The Kier molecular flexibility index (Phi) is 10.6. The molecule has 5 heteroatoms. The zero-order valence-electron chi connectivity index (χ0n) is 16.5. The van der Waals surface area contributed by atoms with Crippen molar-refractivity contribution in [3.05, 3.63) is 0 Å². The number of rotatable bonds is 9. The minimum Gasteiger partial charge on any atom is -0.379 e. The summed E-state index contributed by atoms with van der Waals surface area (Å²) in [7, 11) is 1.65. The molecule has 0 heterocycles. The number of hydrogen-bond donors (Lipinski definition) is 1. The first-order chi connectivity index (χ1) is 10.2. The van der Waals surface area contributed by atoms with Gasteiger partial charge in [0.2, 0.25) is 5.91 Å². The number of hydrogen-bond acceptors (Lipinski definition) is 4. The standard InChI is InChI=1S/C10H21NO3.C8H16O/c1-9(2,13-5)6-7-14-10(3,4)8(11)12;1-7(2)5-8(3,4)6-9/h6-7H2,1-5H3,(H2,11,12);6-7H,5H2,1-4H3. The molecule has 0 aromatic heterocycles. The van der Waals surface area contributed by atoms with Crippen LogP contribution < -0.4 is 5.73 Å². The lowest BCUT2D eigenvalue weighted by molar-refractivity contribution is -0.141. The second-order valence-electron chi connectivity index (χ2n) is 8.14. The maximum Gasteiger partial charge on any atom is 0.249 e. The predicted molar refractivity (Wildman–Crippen MR) is 94.2 cm³/mol. The van der Waals surface area contributed by atoms with Crippen molar-refractivity contribution in [2.75, 3.05) is 13.7 Å². The van der Waals surface area contributed by atoms with E-state index in [-0.39, 0.29) is 11.0 Å². The molecule has 0 rings (SSSR count). The van der Waals surface area contributed by atoms with Crippen LogP contribution in [0.1, 0.15) is 68.2 Å². The quantitative estimate of drug-likeness (QED) is 0.657. The Bertz CT molecular complexity index is 360. The molecule has 5 nitrogen and oxygen atoms in total. The molecule has 0 aromatic carbocycles. The SMILES string of the molecule is CC(C)CC(C)(C)C=O.COC(C)(C)CCOC(C)(C)C(N)=O. The zero-order chi connectivity index (χ0) is 18.9. The van der Waals surface area contributed by atoms with E-state index in [2.05, 4.69) is 13.8 Å². The van der Waals surface area contributed by atoms with Crippen LogP contribution in [0.3, 0.4) is 0 Å². The molecule has 0 bridgehead atoms. The first-order valence-electron chi connectivity index (χ1n) is 8.14. The smallest absolute Gasteiger partial charge is 0.249 e. The van der Waals surface area contributed by atoms with E-state index < -0.39 is 11.5 Å². The van der Waals surface area contributed by atoms with Gasteiger partial charge in [0, 0.05) is 12.5 Å². The van der Waals surface area contributed by atoms with Crippen LogP contribution in [-0.2, 0) is 19.1 Å². The molecule has 23 heavy (non-hydrogen) atoms. The highest BCUT2D eigenvalue weighted by molar-refractivity contribution is 5.82. The van der Waals surface area contributed by atoms with E-state index in [1.807, 2.05) is 27.7 Å². The lowest BCUT2D eigenvalue weighted by atomic mass is 9.86. The summed E-state index contributed by atoms with van der Waals surface area (Å²) in [5.41, 5.74) is 3.91. The Labute approximate surface area is 142 Å². The molecule has 0 aliphatic heterocycles. The highest BCUT2D eigenvalue weighted by atomic mass is 16.5. The monoisotopic (exact) mass is 331 g/mol. The Morgan fingerprint density at radius 1 is 1.13 bits per heavy atom. The molecule has 0 atom stereocenters. The zero-order valence-corrected chi connectivity index (χ0v) is 16.5. The van der Waals surface area contributed by atoms with E-state index in [4.69, 9.17) is 15.2 Å². The van der Waals surface area contributed by atoms with Gasteiger partial charge in [-0.3, -0.25) is 4.79 Å². The third-order valence-corrected chi connectivity index (χ3v) is 3.57. The summed E-state index contributed by atoms with van der Waals surface area (Å²) >= 11 is 0. The largest absolute Gasteiger partial charge is 0.379 e. The van der Waals surface area contributed by atoms with E-state index >= 15 is 0 Å². The van der Waals surface area contributed by atoms with Crippen LogP contribution in [0.2, 0.25) is 0 Å². The lowest BCUT2D eigenvalue weighted by Gasteiger charge is -2.26. The van der Waals surface area contributed by atoms with E-state index in [0.717, 1.165) is 19.1 Å². The molecule has 138 valence electrons. The van der Waals surface area contributed by atoms with Crippen molar-refractivity contribution >= 4 is 12.2 Å². The van der Waals surface area contributed by atoms with E-state index in [9.17, 15) is 9.59 Å². The predicted octanol–water partition coefficient (Wildman–Crippen LogP) is 3.34. The molecule has 0 saturated carbocycles. The van der Waals surface area contributed by atoms with Gasteiger partial charge in [0.25, 0.3) is 0 Å². The average molecular weight is 331 g/mol. The van der Waals surface area contributed by atoms with Crippen LogP contribution in [-0.4, -0.2) is 37.1 Å². The molecule has 1 amide bonds. The third-order valence-electron chi connectivity index (χ3n) is 3.57. The summed E-state index contributed by atoms with van der Waals surface area (Å²) in [4.78, 5) is 21.3. The van der Waals surface area contributed by atoms with Crippen molar-refractivity contribution < 1.29 is 19.1 Å². The van der Waals surface area contributed by atoms with Crippen LogP contribution in [0.25, 0.3) is 0 Å². The van der Waals surface area contributed by atoms with Gasteiger partial charge in [0.15, 0.2) is 0 Å². The number of carbonyl (C=O) groups excluding carboxylic acids is 2. The van der Waals surface area contributed by atoms with Crippen LogP contribution in [0, 0.1) is 11.3 Å². The molecule has 0 unspecified atom stereocenters. The van der Waals surface area contributed by atoms with Crippen molar-refractivity contribution in [2.24, 2.45) is 17.1 Å². The first-order valence-corrected chi connectivity index (χ1v) is 8.14. The van der Waals surface area contributed by atoms with Crippen molar-refractivity contribution in [3.8, 4) is 0 Å². The molecule has 0 aromatic rings. The van der Waals surface area contributed by atoms with Gasteiger partial charge in [-0.15, -0.1) is 0 Å². The van der Waals surface area contributed by atoms with Crippen LogP contribution in [0.15, 0.2) is 0 Å². The molecular formula is C18H37NO4. The molecule has 0 aliphatic rings. The highest BCUT2D eigenvalue weighted by Crippen LogP contribution is 2.21. The number of ether oxygens (including phenoxy) is 2. The number of primary amides is 1. The van der Waals surface area contributed by atoms with Gasteiger partial charge in [-0.2, -0.15) is 0 Å². The van der Waals surface area contributed by atoms with Crippen molar-refractivity contribution in [1.82, 2.24) is 0 Å². The Balaban J connectivity index is 0. The van der Waals surface area contributed by atoms with Gasteiger partial charge in [0.1, 0.15) is 11.9 Å². The fourth-order valence-electron chi connectivity index (χ4n) is 1.83. The summed E-state index contributed by atoms with van der Waals surface area (Å²) in [6, 6.07) is 0. The third kappa shape index (κ3) is 13.2. The molecule has 0 aliphatic carbocycles. The van der Waals surface area contributed by atoms with E-state index in [1.54, 1.807) is 21.0 Å².